The lowest BCUT2D eigenvalue weighted by atomic mass is 10.00. The van der Waals surface area contributed by atoms with E-state index in [-0.39, 0.29) is 31.1 Å². The molecular weight excluding hydrogens is 338 g/mol. The number of rotatable bonds is 6. The lowest BCUT2D eigenvalue weighted by Gasteiger charge is -2.28. The summed E-state index contributed by atoms with van der Waals surface area (Å²) in [5.74, 6) is -0.797. The lowest BCUT2D eigenvalue weighted by molar-refractivity contribution is -0.152. The summed E-state index contributed by atoms with van der Waals surface area (Å²) in [5, 5.41) is 1.82. The molecule has 1 aliphatic rings. The summed E-state index contributed by atoms with van der Waals surface area (Å²) in [6, 6.07) is 11.6. The molecule has 0 radical (unpaired) electrons. The third kappa shape index (κ3) is 4.54. The fraction of sp³-hybridized carbons (Fsp3) is 0.316. The van der Waals surface area contributed by atoms with Crippen LogP contribution in [0.25, 0.3) is 0 Å². The normalized spacial score (nSPS) is 13.2. The first-order valence-electron chi connectivity index (χ1n) is 8.20. The van der Waals surface area contributed by atoms with Crippen molar-refractivity contribution in [1.29, 1.82) is 0 Å². The molecule has 0 aliphatic carbocycles. The molecule has 1 amide bonds. The van der Waals surface area contributed by atoms with Crippen LogP contribution in [0.4, 0.5) is 0 Å². The minimum absolute atomic E-state index is 0.00710. The highest BCUT2D eigenvalue weighted by Crippen LogP contribution is 2.18. The summed E-state index contributed by atoms with van der Waals surface area (Å²) in [4.78, 5) is 38.2. The third-order valence-corrected chi connectivity index (χ3v) is 5.10. The molecule has 0 saturated carbocycles. The number of hydrogen-bond acceptors (Lipinski definition) is 5. The third-order valence-electron chi connectivity index (χ3n) is 4.19. The van der Waals surface area contributed by atoms with Crippen LogP contribution >= 0.6 is 11.3 Å². The second-order valence-corrected chi connectivity index (χ2v) is 6.84. The number of carbonyl (C=O) groups excluding carboxylic acids is 3. The van der Waals surface area contributed by atoms with Gasteiger partial charge in [-0.25, -0.2) is 0 Å². The van der Waals surface area contributed by atoms with Gasteiger partial charge in [0.05, 0.1) is 11.3 Å². The summed E-state index contributed by atoms with van der Waals surface area (Å²) in [5.41, 5.74) is 2.39. The largest absolute Gasteiger partial charge is 0.456 e. The van der Waals surface area contributed by atoms with Crippen molar-refractivity contribution >= 4 is 29.0 Å². The molecule has 0 spiro atoms. The van der Waals surface area contributed by atoms with Crippen molar-refractivity contribution in [2.45, 2.75) is 25.8 Å². The highest BCUT2D eigenvalue weighted by atomic mass is 32.1. The lowest BCUT2D eigenvalue weighted by Crippen LogP contribution is -2.38. The smallest absolute Gasteiger partial charge is 0.306 e. The Morgan fingerprint density at radius 1 is 1.04 bits per heavy atom. The molecule has 0 N–H and O–H groups in total. The Morgan fingerprint density at radius 2 is 1.84 bits per heavy atom. The maximum Gasteiger partial charge on any atom is 0.306 e. The molecule has 5 nitrogen and oxygen atoms in total. The number of carbonyl (C=O) groups is 3. The molecule has 0 saturated heterocycles. The first-order valence-corrected chi connectivity index (χ1v) is 9.08. The molecule has 1 aromatic heterocycles. The maximum absolute atomic E-state index is 12.2. The molecular formula is C19H19NO4S. The van der Waals surface area contributed by atoms with Gasteiger partial charge in [0.1, 0.15) is 0 Å². The Morgan fingerprint density at radius 3 is 2.60 bits per heavy atom. The average Bonchev–Trinajstić information content (AvgIpc) is 3.18. The van der Waals surface area contributed by atoms with Crippen LogP contribution in [0, 0.1) is 0 Å². The number of ether oxygens (including phenoxy) is 1. The summed E-state index contributed by atoms with van der Waals surface area (Å²) < 4.78 is 5.03. The SMILES string of the molecule is O=C(CCC(=O)c1cccs1)OCC(=O)N1CCc2ccccc2C1. The highest BCUT2D eigenvalue weighted by Gasteiger charge is 2.21. The number of esters is 1. The van der Waals surface area contributed by atoms with Crippen molar-refractivity contribution < 1.29 is 19.1 Å². The summed E-state index contributed by atoms with van der Waals surface area (Å²) >= 11 is 1.35. The minimum Gasteiger partial charge on any atom is -0.456 e. The van der Waals surface area contributed by atoms with Crippen molar-refractivity contribution in [3.05, 3.63) is 57.8 Å². The minimum atomic E-state index is -0.518. The van der Waals surface area contributed by atoms with Crippen molar-refractivity contribution in [2.24, 2.45) is 0 Å². The van der Waals surface area contributed by atoms with Gasteiger partial charge in [0.15, 0.2) is 12.4 Å². The first-order chi connectivity index (χ1) is 12.1. The van der Waals surface area contributed by atoms with Gasteiger partial charge < -0.3 is 9.64 Å². The van der Waals surface area contributed by atoms with Crippen LogP contribution in [0.5, 0.6) is 0 Å². The van der Waals surface area contributed by atoms with E-state index in [0.29, 0.717) is 18.0 Å². The molecule has 130 valence electrons. The standard InChI is InChI=1S/C19H19NO4S/c21-16(17-6-3-11-25-17)7-8-19(23)24-13-18(22)20-10-9-14-4-1-2-5-15(14)12-20/h1-6,11H,7-10,12-13H2. The van der Waals surface area contributed by atoms with E-state index >= 15 is 0 Å². The summed E-state index contributed by atoms with van der Waals surface area (Å²) in [7, 11) is 0. The van der Waals surface area contributed by atoms with E-state index in [1.54, 1.807) is 17.0 Å². The van der Waals surface area contributed by atoms with Crippen LogP contribution in [0.1, 0.15) is 33.6 Å². The maximum atomic E-state index is 12.2. The van der Waals surface area contributed by atoms with Crippen LogP contribution in [0.3, 0.4) is 0 Å². The molecule has 3 rings (SSSR count). The predicted molar refractivity (Wildman–Crippen MR) is 94.4 cm³/mol. The van der Waals surface area contributed by atoms with Gasteiger partial charge in [-0.05, 0) is 29.0 Å². The topological polar surface area (TPSA) is 63.7 Å². The van der Waals surface area contributed by atoms with E-state index in [2.05, 4.69) is 6.07 Å². The summed E-state index contributed by atoms with van der Waals surface area (Å²) in [6.07, 6.45) is 0.905. The van der Waals surface area contributed by atoms with Crippen LogP contribution < -0.4 is 0 Å². The monoisotopic (exact) mass is 357 g/mol. The number of ketones is 1. The van der Waals surface area contributed by atoms with E-state index in [1.807, 2.05) is 23.6 Å². The van der Waals surface area contributed by atoms with Gasteiger partial charge in [0, 0.05) is 19.5 Å². The van der Waals surface area contributed by atoms with E-state index in [9.17, 15) is 14.4 Å². The van der Waals surface area contributed by atoms with Gasteiger partial charge in [0.2, 0.25) is 0 Å². The zero-order chi connectivity index (χ0) is 17.6. The Labute approximate surface area is 150 Å². The van der Waals surface area contributed by atoms with Crippen molar-refractivity contribution in [3.8, 4) is 0 Å². The molecule has 0 atom stereocenters. The fourth-order valence-corrected chi connectivity index (χ4v) is 3.48. The van der Waals surface area contributed by atoms with Gasteiger partial charge in [-0.2, -0.15) is 0 Å². The molecule has 0 unspecified atom stereocenters. The number of hydrogen-bond donors (Lipinski definition) is 0. The molecule has 2 aromatic rings. The fourth-order valence-electron chi connectivity index (χ4n) is 2.79. The van der Waals surface area contributed by atoms with E-state index in [4.69, 9.17) is 4.74 Å². The van der Waals surface area contributed by atoms with Gasteiger partial charge in [-0.3, -0.25) is 14.4 Å². The van der Waals surface area contributed by atoms with Crippen molar-refractivity contribution in [3.63, 3.8) is 0 Å². The van der Waals surface area contributed by atoms with Crippen molar-refractivity contribution in [2.75, 3.05) is 13.2 Å². The zero-order valence-corrected chi connectivity index (χ0v) is 14.6. The van der Waals surface area contributed by atoms with Crippen LogP contribution in [0.15, 0.2) is 41.8 Å². The quantitative estimate of drug-likeness (QED) is 0.589. The van der Waals surface area contributed by atoms with E-state index in [1.165, 1.54) is 16.9 Å². The van der Waals surface area contributed by atoms with E-state index < -0.39 is 5.97 Å². The van der Waals surface area contributed by atoms with E-state index in [0.717, 1.165) is 12.0 Å². The Kier molecular flexibility index (Phi) is 5.60. The Bertz CT molecular complexity index is 769. The number of thiophene rings is 1. The Hall–Kier alpha value is -2.47. The van der Waals surface area contributed by atoms with Gasteiger partial charge in [-0.1, -0.05) is 30.3 Å². The summed E-state index contributed by atoms with van der Waals surface area (Å²) in [6.45, 7) is 0.905. The molecule has 0 bridgehead atoms. The second kappa shape index (κ2) is 8.07. The molecule has 0 fully saturated rings. The zero-order valence-electron chi connectivity index (χ0n) is 13.8. The molecule has 6 heteroatoms. The van der Waals surface area contributed by atoms with Gasteiger partial charge in [-0.15, -0.1) is 11.3 Å². The number of nitrogens with zero attached hydrogens (tertiary/aromatic N) is 1. The molecule has 25 heavy (non-hydrogen) atoms. The Balaban J connectivity index is 1.42. The molecule has 1 aliphatic heterocycles. The first kappa shape index (κ1) is 17.4. The van der Waals surface area contributed by atoms with Gasteiger partial charge >= 0.3 is 5.97 Å². The van der Waals surface area contributed by atoms with Crippen LogP contribution in [-0.4, -0.2) is 35.7 Å². The second-order valence-electron chi connectivity index (χ2n) is 5.90. The average molecular weight is 357 g/mol. The van der Waals surface area contributed by atoms with Crippen LogP contribution in [-0.2, 0) is 27.3 Å². The molecule has 1 aromatic carbocycles. The predicted octanol–water partition coefficient (Wildman–Crippen LogP) is 2.84. The highest BCUT2D eigenvalue weighted by molar-refractivity contribution is 7.12. The molecule has 2 heterocycles. The van der Waals surface area contributed by atoms with Crippen LogP contribution in [0.2, 0.25) is 0 Å². The van der Waals surface area contributed by atoms with Gasteiger partial charge in [0.25, 0.3) is 5.91 Å². The number of fused-ring (bicyclic) bond motifs is 1. The number of benzene rings is 1. The number of Topliss-reactive ketones (excluding diaryl/α,β-unsaturated/α-hetero) is 1. The number of amides is 1. The van der Waals surface area contributed by atoms with Crippen molar-refractivity contribution in [1.82, 2.24) is 4.90 Å².